The lowest BCUT2D eigenvalue weighted by Crippen LogP contribution is -2.14. The first kappa shape index (κ1) is 11.3. The van der Waals surface area contributed by atoms with E-state index in [1.165, 1.54) is 0 Å². The highest BCUT2D eigenvalue weighted by Crippen LogP contribution is 2.19. The van der Waals surface area contributed by atoms with Gasteiger partial charge in [0.15, 0.2) is 0 Å². The van der Waals surface area contributed by atoms with Gasteiger partial charge < -0.3 is 10.1 Å². The summed E-state index contributed by atoms with van der Waals surface area (Å²) in [5.74, 6) is 0.129. The molecule has 0 amide bonds. The molecule has 0 radical (unpaired) electrons. The van der Waals surface area contributed by atoms with Crippen molar-refractivity contribution in [3.05, 3.63) is 39.9 Å². The predicted molar refractivity (Wildman–Crippen MR) is 63.9 cm³/mol. The van der Waals surface area contributed by atoms with Gasteiger partial charge in [-0.05, 0) is 25.0 Å². The van der Waals surface area contributed by atoms with E-state index in [-0.39, 0.29) is 11.4 Å². The van der Waals surface area contributed by atoms with Crippen molar-refractivity contribution in [2.75, 3.05) is 0 Å². The van der Waals surface area contributed by atoms with Gasteiger partial charge in [-0.25, -0.2) is 0 Å². The van der Waals surface area contributed by atoms with Crippen LogP contribution in [0.4, 0.5) is 0 Å². The second kappa shape index (κ2) is 4.37. The summed E-state index contributed by atoms with van der Waals surface area (Å²) < 4.78 is 0. The topological polar surface area (TPSA) is 78.9 Å². The van der Waals surface area contributed by atoms with Gasteiger partial charge in [-0.3, -0.25) is 9.78 Å². The molecule has 0 aliphatic rings. The largest absolute Gasteiger partial charge is 0.493 e. The van der Waals surface area contributed by atoms with Crippen LogP contribution in [0.1, 0.15) is 18.1 Å². The third-order valence-corrected chi connectivity index (χ3v) is 2.64. The molecule has 88 valence electrons. The highest BCUT2D eigenvalue weighted by Gasteiger charge is 2.11. The molecule has 0 unspecified atom stereocenters. The second-order valence-corrected chi connectivity index (χ2v) is 3.76. The Kier molecular flexibility index (Phi) is 2.91. The zero-order chi connectivity index (χ0) is 12.4. The zero-order valence-electron chi connectivity index (χ0n) is 9.69. The molecule has 2 aromatic rings. The molecule has 0 bridgehead atoms. The molecule has 0 aromatic carbocycles. The molecule has 2 heterocycles. The van der Waals surface area contributed by atoms with Gasteiger partial charge in [-0.1, -0.05) is 6.92 Å². The summed E-state index contributed by atoms with van der Waals surface area (Å²) in [6, 6.07) is 1.82. The molecular weight excluding hydrogens is 218 g/mol. The van der Waals surface area contributed by atoms with Gasteiger partial charge in [0.05, 0.1) is 5.56 Å². The standard InChI is InChI=1S/C12H13N3O2/c1-3-8-11(16)14-10(15-12(8)17)9-6-13-5-4-7(9)2/h4-6H,3H2,1-2H3,(H2,14,15,16,17). The molecule has 17 heavy (non-hydrogen) atoms. The van der Waals surface area contributed by atoms with Crippen molar-refractivity contribution in [2.24, 2.45) is 0 Å². The number of hydrogen-bond acceptors (Lipinski definition) is 4. The molecule has 2 aromatic heterocycles. The van der Waals surface area contributed by atoms with Crippen molar-refractivity contribution in [1.29, 1.82) is 0 Å². The van der Waals surface area contributed by atoms with E-state index in [0.29, 0.717) is 23.4 Å². The first-order valence-corrected chi connectivity index (χ1v) is 5.36. The van der Waals surface area contributed by atoms with E-state index in [1.807, 2.05) is 13.0 Å². The molecule has 0 aliphatic heterocycles. The summed E-state index contributed by atoms with van der Waals surface area (Å²) in [5, 5.41) is 9.67. The first-order chi connectivity index (χ1) is 8.13. The number of H-pyrrole nitrogens is 1. The average molecular weight is 231 g/mol. The minimum Gasteiger partial charge on any atom is -0.493 e. The Morgan fingerprint density at radius 2 is 2.24 bits per heavy atom. The first-order valence-electron chi connectivity index (χ1n) is 5.36. The summed E-state index contributed by atoms with van der Waals surface area (Å²) in [6.45, 7) is 3.68. The molecule has 0 aliphatic carbocycles. The van der Waals surface area contributed by atoms with Crippen molar-refractivity contribution in [1.82, 2.24) is 15.0 Å². The van der Waals surface area contributed by atoms with E-state index in [1.54, 1.807) is 19.3 Å². The lowest BCUT2D eigenvalue weighted by Gasteiger charge is -2.06. The van der Waals surface area contributed by atoms with E-state index in [2.05, 4.69) is 15.0 Å². The molecule has 0 saturated carbocycles. The van der Waals surface area contributed by atoms with E-state index >= 15 is 0 Å². The molecule has 0 saturated heterocycles. The second-order valence-electron chi connectivity index (χ2n) is 3.76. The van der Waals surface area contributed by atoms with Crippen molar-refractivity contribution in [3.63, 3.8) is 0 Å². The highest BCUT2D eigenvalue weighted by atomic mass is 16.3. The van der Waals surface area contributed by atoms with Gasteiger partial charge in [0, 0.05) is 18.0 Å². The summed E-state index contributed by atoms with van der Waals surface area (Å²) in [4.78, 5) is 22.3. The Labute approximate surface area is 98.2 Å². The molecule has 0 spiro atoms. The van der Waals surface area contributed by atoms with Crippen LogP contribution < -0.4 is 5.56 Å². The summed E-state index contributed by atoms with van der Waals surface area (Å²) in [5.41, 5.74) is 1.64. The number of nitrogens with one attached hydrogen (secondary N) is 1. The van der Waals surface area contributed by atoms with Crippen molar-refractivity contribution in [2.45, 2.75) is 20.3 Å². The average Bonchev–Trinajstić information content (AvgIpc) is 2.29. The predicted octanol–water partition coefficient (Wildman–Crippen LogP) is 1.41. The van der Waals surface area contributed by atoms with Crippen LogP contribution in [0.25, 0.3) is 11.4 Å². The number of hydrogen-bond donors (Lipinski definition) is 2. The van der Waals surface area contributed by atoms with Crippen LogP contribution in [-0.2, 0) is 6.42 Å². The van der Waals surface area contributed by atoms with Gasteiger partial charge >= 0.3 is 0 Å². The van der Waals surface area contributed by atoms with Gasteiger partial charge in [-0.15, -0.1) is 0 Å². The Balaban J connectivity index is 2.63. The lowest BCUT2D eigenvalue weighted by molar-refractivity contribution is 0.444. The fourth-order valence-electron chi connectivity index (χ4n) is 1.64. The van der Waals surface area contributed by atoms with Crippen LogP contribution >= 0.6 is 0 Å². The lowest BCUT2D eigenvalue weighted by atomic mass is 10.1. The molecule has 2 N–H and O–H groups in total. The highest BCUT2D eigenvalue weighted by molar-refractivity contribution is 5.58. The van der Waals surface area contributed by atoms with Crippen LogP contribution in [0.2, 0.25) is 0 Å². The summed E-state index contributed by atoms with van der Waals surface area (Å²) >= 11 is 0. The number of pyridine rings is 1. The number of nitrogens with zero attached hydrogens (tertiary/aromatic N) is 2. The molecule has 5 nitrogen and oxygen atoms in total. The maximum atomic E-state index is 11.7. The molecule has 5 heteroatoms. The fraction of sp³-hybridized carbons (Fsp3) is 0.250. The maximum Gasteiger partial charge on any atom is 0.258 e. The third-order valence-electron chi connectivity index (χ3n) is 2.64. The Morgan fingerprint density at radius 3 is 2.82 bits per heavy atom. The van der Waals surface area contributed by atoms with Gasteiger partial charge in [0.25, 0.3) is 5.56 Å². The minimum absolute atomic E-state index is 0.213. The van der Waals surface area contributed by atoms with Crippen molar-refractivity contribution in [3.8, 4) is 17.3 Å². The molecular formula is C12H13N3O2. The SMILES string of the molecule is CCc1c(O)nc(-c2cnccc2C)[nH]c1=O. The van der Waals surface area contributed by atoms with Crippen LogP contribution in [0.3, 0.4) is 0 Å². The summed E-state index contributed by atoms with van der Waals surface area (Å²) in [6.07, 6.45) is 3.72. The third kappa shape index (κ3) is 2.04. The van der Waals surface area contributed by atoms with Crippen LogP contribution in [0, 0.1) is 6.92 Å². The number of rotatable bonds is 2. The molecule has 2 rings (SSSR count). The van der Waals surface area contributed by atoms with E-state index in [0.717, 1.165) is 5.56 Å². The van der Waals surface area contributed by atoms with Gasteiger partial charge in [0.2, 0.25) is 5.88 Å². The number of aromatic nitrogens is 3. The monoisotopic (exact) mass is 231 g/mol. The number of aryl methyl sites for hydroxylation is 1. The molecule has 0 fully saturated rings. The Morgan fingerprint density at radius 1 is 1.47 bits per heavy atom. The number of aromatic amines is 1. The van der Waals surface area contributed by atoms with Crippen LogP contribution in [-0.4, -0.2) is 20.1 Å². The van der Waals surface area contributed by atoms with Crippen molar-refractivity contribution >= 4 is 0 Å². The van der Waals surface area contributed by atoms with E-state index < -0.39 is 0 Å². The maximum absolute atomic E-state index is 11.7. The number of aromatic hydroxyl groups is 1. The smallest absolute Gasteiger partial charge is 0.258 e. The van der Waals surface area contributed by atoms with Gasteiger partial charge in [-0.2, -0.15) is 4.98 Å². The van der Waals surface area contributed by atoms with E-state index in [9.17, 15) is 9.90 Å². The molecule has 0 atom stereocenters. The van der Waals surface area contributed by atoms with Crippen LogP contribution in [0.5, 0.6) is 5.88 Å². The summed E-state index contributed by atoms with van der Waals surface area (Å²) in [7, 11) is 0. The Bertz CT molecular complexity index is 605. The quantitative estimate of drug-likeness (QED) is 0.819. The van der Waals surface area contributed by atoms with Crippen molar-refractivity contribution < 1.29 is 5.11 Å². The minimum atomic E-state index is -0.307. The van der Waals surface area contributed by atoms with Crippen LogP contribution in [0.15, 0.2) is 23.3 Å². The Hall–Kier alpha value is -2.17. The van der Waals surface area contributed by atoms with Gasteiger partial charge in [0.1, 0.15) is 5.82 Å². The zero-order valence-corrected chi connectivity index (χ0v) is 9.69. The fourth-order valence-corrected chi connectivity index (χ4v) is 1.64. The normalized spacial score (nSPS) is 10.5. The van der Waals surface area contributed by atoms with E-state index in [4.69, 9.17) is 0 Å².